The highest BCUT2D eigenvalue weighted by Crippen LogP contribution is 2.48. The molecule has 3 heteroatoms. The second kappa shape index (κ2) is 15.3. The summed E-state index contributed by atoms with van der Waals surface area (Å²) in [6, 6.07) is 0. The number of aliphatic hydroxyl groups excluding tert-OH is 1. The van der Waals surface area contributed by atoms with Gasteiger partial charge in [0.2, 0.25) is 0 Å². The third-order valence-electron chi connectivity index (χ3n) is 7.71. The van der Waals surface area contributed by atoms with Gasteiger partial charge < -0.3 is 9.84 Å². The van der Waals surface area contributed by atoms with E-state index in [1.807, 2.05) is 13.8 Å². The average molecular weight is 427 g/mol. The van der Waals surface area contributed by atoms with Crippen molar-refractivity contribution in [3.8, 4) is 0 Å². The highest BCUT2D eigenvalue weighted by molar-refractivity contribution is 5.71. The van der Waals surface area contributed by atoms with E-state index in [9.17, 15) is 9.90 Å². The summed E-state index contributed by atoms with van der Waals surface area (Å²) < 4.78 is 5.90. The summed E-state index contributed by atoms with van der Waals surface area (Å²) in [7, 11) is 0. The molecule has 30 heavy (non-hydrogen) atoms. The van der Waals surface area contributed by atoms with E-state index in [1.54, 1.807) is 0 Å². The maximum Gasteiger partial charge on any atom is 0.308 e. The smallest absolute Gasteiger partial charge is 0.308 e. The summed E-state index contributed by atoms with van der Waals surface area (Å²) in [4.78, 5) is 12.4. The van der Waals surface area contributed by atoms with Crippen LogP contribution in [-0.4, -0.2) is 23.8 Å². The van der Waals surface area contributed by atoms with Crippen molar-refractivity contribution in [2.75, 3.05) is 6.61 Å². The Morgan fingerprint density at radius 1 is 0.800 bits per heavy atom. The molecule has 0 bridgehead atoms. The third-order valence-corrected chi connectivity index (χ3v) is 7.71. The van der Waals surface area contributed by atoms with E-state index in [0.717, 1.165) is 44.9 Å². The maximum absolute atomic E-state index is 12.4. The lowest BCUT2D eigenvalue weighted by molar-refractivity contribution is -0.169. The third kappa shape index (κ3) is 8.52. The van der Waals surface area contributed by atoms with Crippen molar-refractivity contribution < 1.29 is 14.6 Å². The van der Waals surface area contributed by atoms with Crippen LogP contribution in [0.3, 0.4) is 0 Å². The molecule has 5 unspecified atom stereocenters. The lowest BCUT2D eigenvalue weighted by atomic mass is 9.58. The van der Waals surface area contributed by atoms with Gasteiger partial charge in [0.05, 0.1) is 18.6 Å². The molecule has 0 aromatic carbocycles. The number of hydrogen-bond donors (Lipinski definition) is 1. The molecule has 0 aliphatic heterocycles. The fourth-order valence-electron chi connectivity index (χ4n) is 4.95. The predicted molar refractivity (Wildman–Crippen MR) is 129 cm³/mol. The Hall–Kier alpha value is -0.570. The summed E-state index contributed by atoms with van der Waals surface area (Å²) >= 11 is 0. The number of carbonyl (C=O) groups excluding carboxylic acids is 1. The Bertz CT molecular complexity index is 431. The van der Waals surface area contributed by atoms with Crippen LogP contribution in [-0.2, 0) is 9.53 Å². The van der Waals surface area contributed by atoms with E-state index in [-0.39, 0.29) is 17.8 Å². The SMILES string of the molecule is CCCCC(C)C(C)C(O)C(COC(=O)C(C)C)(C(C)CCCC)C(C)CCCC. The van der Waals surface area contributed by atoms with Gasteiger partial charge in [-0.15, -0.1) is 0 Å². The van der Waals surface area contributed by atoms with Crippen molar-refractivity contribution in [1.82, 2.24) is 0 Å². The van der Waals surface area contributed by atoms with Gasteiger partial charge in [-0.05, 0) is 36.5 Å². The molecular weight excluding hydrogens is 372 g/mol. The number of carbonyl (C=O) groups is 1. The summed E-state index contributed by atoms with van der Waals surface area (Å²) in [6.45, 7) is 19.8. The number of hydrogen-bond acceptors (Lipinski definition) is 3. The molecule has 0 aliphatic carbocycles. The molecule has 3 nitrogen and oxygen atoms in total. The Labute approximate surface area is 188 Å². The van der Waals surface area contributed by atoms with Gasteiger partial charge in [-0.25, -0.2) is 0 Å². The van der Waals surface area contributed by atoms with Crippen LogP contribution in [0.15, 0.2) is 0 Å². The normalized spacial score (nSPS) is 19.0. The Kier molecular flexibility index (Phi) is 15.0. The Balaban J connectivity index is 6.03. The second-order valence-corrected chi connectivity index (χ2v) is 10.4. The van der Waals surface area contributed by atoms with Crippen molar-refractivity contribution in [3.63, 3.8) is 0 Å². The molecule has 0 radical (unpaired) electrons. The summed E-state index contributed by atoms with van der Waals surface area (Å²) in [5, 5.41) is 11.9. The van der Waals surface area contributed by atoms with Crippen molar-refractivity contribution >= 4 is 5.97 Å². The molecule has 0 aromatic rings. The van der Waals surface area contributed by atoms with Gasteiger partial charge in [-0.3, -0.25) is 4.79 Å². The van der Waals surface area contributed by atoms with Crippen LogP contribution in [0.5, 0.6) is 0 Å². The van der Waals surface area contributed by atoms with Crippen LogP contribution in [0.25, 0.3) is 0 Å². The fourth-order valence-corrected chi connectivity index (χ4v) is 4.95. The zero-order valence-electron chi connectivity index (χ0n) is 21.8. The molecule has 1 N–H and O–H groups in total. The lowest BCUT2D eigenvalue weighted by Gasteiger charge is -2.50. The van der Waals surface area contributed by atoms with E-state index >= 15 is 0 Å². The summed E-state index contributed by atoms with van der Waals surface area (Å²) in [6.07, 6.45) is 9.78. The highest BCUT2D eigenvalue weighted by atomic mass is 16.5. The molecule has 0 saturated carbocycles. The van der Waals surface area contributed by atoms with Crippen LogP contribution < -0.4 is 0 Å². The van der Waals surface area contributed by atoms with Crippen molar-refractivity contribution in [1.29, 1.82) is 0 Å². The number of aliphatic hydroxyl groups is 1. The van der Waals surface area contributed by atoms with Gasteiger partial charge in [0.1, 0.15) is 0 Å². The minimum absolute atomic E-state index is 0.141. The number of ether oxygens (including phenoxy) is 1. The first-order valence-corrected chi connectivity index (χ1v) is 12.9. The van der Waals surface area contributed by atoms with Crippen LogP contribution in [0.2, 0.25) is 0 Å². The lowest BCUT2D eigenvalue weighted by Crippen LogP contribution is -2.53. The zero-order chi connectivity index (χ0) is 23.3. The van der Waals surface area contributed by atoms with E-state index < -0.39 is 11.5 Å². The highest BCUT2D eigenvalue weighted by Gasteiger charge is 2.50. The quantitative estimate of drug-likeness (QED) is 0.243. The Morgan fingerprint density at radius 3 is 1.63 bits per heavy atom. The van der Waals surface area contributed by atoms with Gasteiger partial charge in [0.25, 0.3) is 0 Å². The van der Waals surface area contributed by atoms with Crippen LogP contribution in [0, 0.1) is 35.0 Å². The maximum atomic E-state index is 12.4. The molecule has 0 spiro atoms. The second-order valence-electron chi connectivity index (χ2n) is 10.4. The minimum atomic E-state index is -0.469. The van der Waals surface area contributed by atoms with Crippen LogP contribution in [0.4, 0.5) is 0 Å². The van der Waals surface area contributed by atoms with Crippen molar-refractivity contribution in [2.45, 2.75) is 126 Å². The van der Waals surface area contributed by atoms with Crippen LogP contribution in [0.1, 0.15) is 120 Å². The van der Waals surface area contributed by atoms with Gasteiger partial charge in [-0.1, -0.05) is 107 Å². The molecule has 0 rings (SSSR count). The first kappa shape index (κ1) is 29.4. The Morgan fingerprint density at radius 2 is 1.23 bits per heavy atom. The number of rotatable bonds is 17. The average Bonchev–Trinajstić information content (AvgIpc) is 2.73. The summed E-state index contributed by atoms with van der Waals surface area (Å²) in [5.74, 6) is 0.959. The molecular formula is C27H54O3. The molecule has 0 saturated heterocycles. The van der Waals surface area contributed by atoms with Crippen molar-refractivity contribution in [2.24, 2.45) is 35.0 Å². The van der Waals surface area contributed by atoms with Gasteiger partial charge in [0.15, 0.2) is 0 Å². The predicted octanol–water partition coefficient (Wildman–Crippen LogP) is 7.65. The van der Waals surface area contributed by atoms with Gasteiger partial charge in [-0.2, -0.15) is 0 Å². The molecule has 0 aliphatic rings. The first-order chi connectivity index (χ1) is 14.1. The standard InChI is InChI=1S/C27H54O3/c1-10-13-16-21(6)24(9)25(28)27(22(7)17-14-11-2,23(8)18-15-12-3)19-30-26(29)20(4)5/h20-25,28H,10-19H2,1-9H3. The van der Waals surface area contributed by atoms with E-state index in [1.165, 1.54) is 12.8 Å². The summed E-state index contributed by atoms with van der Waals surface area (Å²) in [5.41, 5.74) is -0.394. The first-order valence-electron chi connectivity index (χ1n) is 12.9. The largest absolute Gasteiger partial charge is 0.465 e. The van der Waals surface area contributed by atoms with E-state index in [0.29, 0.717) is 24.4 Å². The van der Waals surface area contributed by atoms with Crippen LogP contribution >= 0.6 is 0 Å². The van der Waals surface area contributed by atoms with E-state index in [4.69, 9.17) is 4.74 Å². The topological polar surface area (TPSA) is 46.5 Å². The molecule has 0 heterocycles. The minimum Gasteiger partial charge on any atom is -0.465 e. The van der Waals surface area contributed by atoms with Gasteiger partial charge >= 0.3 is 5.97 Å². The van der Waals surface area contributed by atoms with Crippen molar-refractivity contribution in [3.05, 3.63) is 0 Å². The molecule has 0 fully saturated rings. The van der Waals surface area contributed by atoms with E-state index in [2.05, 4.69) is 48.5 Å². The number of unbranched alkanes of at least 4 members (excludes halogenated alkanes) is 3. The molecule has 0 aromatic heterocycles. The zero-order valence-corrected chi connectivity index (χ0v) is 21.8. The molecule has 180 valence electrons. The van der Waals surface area contributed by atoms with Gasteiger partial charge in [0, 0.05) is 5.41 Å². The monoisotopic (exact) mass is 426 g/mol. The molecule has 0 amide bonds. The number of esters is 1. The molecule has 5 atom stereocenters. The fraction of sp³-hybridized carbons (Fsp3) is 0.963.